The van der Waals surface area contributed by atoms with Gasteiger partial charge in [0.25, 0.3) is 0 Å². The third-order valence-electron chi connectivity index (χ3n) is 3.10. The van der Waals surface area contributed by atoms with Crippen LogP contribution in [0.3, 0.4) is 0 Å². The predicted octanol–water partition coefficient (Wildman–Crippen LogP) is 2.76. The van der Waals surface area contributed by atoms with Crippen LogP contribution in [0.15, 0.2) is 29.3 Å². The van der Waals surface area contributed by atoms with Gasteiger partial charge in [-0.05, 0) is 49.9 Å². The number of nitrogens with one attached hydrogen (secondary N) is 3. The number of hydrogen-bond acceptors (Lipinski definition) is 2. The molecular formula is C17H27FN4O. The van der Waals surface area contributed by atoms with Crippen molar-refractivity contribution in [3.8, 4) is 0 Å². The number of guanidine groups is 1. The van der Waals surface area contributed by atoms with E-state index in [-0.39, 0.29) is 18.3 Å². The summed E-state index contributed by atoms with van der Waals surface area (Å²) in [4.78, 5) is 16.1. The molecule has 0 spiro atoms. The Morgan fingerprint density at radius 2 is 1.91 bits per heavy atom. The molecule has 0 aliphatic carbocycles. The maximum Gasteiger partial charge on any atom is 0.246 e. The number of carbonyl (C=O) groups is 1. The molecule has 1 aromatic rings. The van der Waals surface area contributed by atoms with Crippen molar-refractivity contribution in [3.05, 3.63) is 30.1 Å². The van der Waals surface area contributed by atoms with Crippen molar-refractivity contribution < 1.29 is 9.18 Å². The van der Waals surface area contributed by atoms with E-state index in [1.807, 2.05) is 6.92 Å². The first-order valence-electron chi connectivity index (χ1n) is 8.09. The van der Waals surface area contributed by atoms with Gasteiger partial charge in [0.05, 0.1) is 0 Å². The molecule has 0 bridgehead atoms. The van der Waals surface area contributed by atoms with Gasteiger partial charge in [-0.2, -0.15) is 0 Å². The third-order valence-corrected chi connectivity index (χ3v) is 3.10. The van der Waals surface area contributed by atoms with Gasteiger partial charge >= 0.3 is 0 Å². The Labute approximate surface area is 137 Å². The molecule has 0 radical (unpaired) electrons. The van der Waals surface area contributed by atoms with Gasteiger partial charge in [-0.1, -0.05) is 13.8 Å². The van der Waals surface area contributed by atoms with Crippen LogP contribution < -0.4 is 16.0 Å². The van der Waals surface area contributed by atoms with Gasteiger partial charge in [0.1, 0.15) is 12.4 Å². The maximum absolute atomic E-state index is 12.8. The number of rotatable bonds is 8. The first kappa shape index (κ1) is 18.9. The van der Waals surface area contributed by atoms with Crippen LogP contribution in [-0.2, 0) is 4.79 Å². The molecule has 23 heavy (non-hydrogen) atoms. The molecule has 128 valence electrons. The lowest BCUT2D eigenvalue weighted by atomic mass is 10.1. The first-order valence-corrected chi connectivity index (χ1v) is 8.09. The van der Waals surface area contributed by atoms with E-state index in [4.69, 9.17) is 0 Å². The molecule has 0 atom stereocenters. The van der Waals surface area contributed by atoms with Crippen molar-refractivity contribution in [1.82, 2.24) is 10.6 Å². The number of aliphatic imine (C=N–C) groups is 1. The number of amides is 1. The highest BCUT2D eigenvalue weighted by atomic mass is 19.1. The number of halogens is 1. The molecule has 0 aliphatic heterocycles. The number of carbonyl (C=O) groups excluding carboxylic acids is 1. The summed E-state index contributed by atoms with van der Waals surface area (Å²) < 4.78 is 12.8. The van der Waals surface area contributed by atoms with Crippen molar-refractivity contribution in [2.24, 2.45) is 10.9 Å². The van der Waals surface area contributed by atoms with E-state index in [2.05, 4.69) is 34.8 Å². The van der Waals surface area contributed by atoms with Crippen molar-refractivity contribution in [2.75, 3.05) is 25.0 Å². The van der Waals surface area contributed by atoms with Crippen LogP contribution in [0.4, 0.5) is 10.1 Å². The van der Waals surface area contributed by atoms with Gasteiger partial charge < -0.3 is 16.0 Å². The highest BCUT2D eigenvalue weighted by molar-refractivity contribution is 5.94. The third kappa shape index (κ3) is 8.80. The number of nitrogens with zero attached hydrogens (tertiary/aromatic N) is 1. The summed E-state index contributed by atoms with van der Waals surface area (Å²) in [6.45, 7) is 7.93. The minimum Gasteiger partial charge on any atom is -0.357 e. The Kier molecular flexibility index (Phi) is 8.72. The molecule has 0 fully saturated rings. The molecule has 0 aliphatic rings. The molecule has 1 amide bonds. The second-order valence-corrected chi connectivity index (χ2v) is 5.71. The van der Waals surface area contributed by atoms with Crippen LogP contribution in [0.2, 0.25) is 0 Å². The maximum atomic E-state index is 12.8. The minimum atomic E-state index is -0.332. The van der Waals surface area contributed by atoms with E-state index in [1.54, 1.807) is 0 Å². The largest absolute Gasteiger partial charge is 0.357 e. The van der Waals surface area contributed by atoms with E-state index in [0.29, 0.717) is 17.6 Å². The summed E-state index contributed by atoms with van der Waals surface area (Å²) in [7, 11) is 0. The zero-order valence-electron chi connectivity index (χ0n) is 14.2. The molecular weight excluding hydrogens is 295 g/mol. The van der Waals surface area contributed by atoms with Gasteiger partial charge in [0.15, 0.2) is 5.96 Å². The van der Waals surface area contributed by atoms with Crippen molar-refractivity contribution >= 4 is 17.6 Å². The van der Waals surface area contributed by atoms with E-state index in [0.717, 1.165) is 25.9 Å². The number of benzene rings is 1. The Morgan fingerprint density at radius 1 is 1.22 bits per heavy atom. The van der Waals surface area contributed by atoms with Crippen LogP contribution in [0.5, 0.6) is 0 Å². The lowest BCUT2D eigenvalue weighted by molar-refractivity contribution is -0.114. The first-order chi connectivity index (χ1) is 11.0. The second kappa shape index (κ2) is 10.6. The summed E-state index contributed by atoms with van der Waals surface area (Å²) in [6, 6.07) is 5.65. The molecule has 1 rings (SSSR count). The fourth-order valence-corrected chi connectivity index (χ4v) is 1.94. The zero-order chi connectivity index (χ0) is 17.1. The summed E-state index contributed by atoms with van der Waals surface area (Å²) >= 11 is 0. The monoisotopic (exact) mass is 322 g/mol. The molecule has 5 nitrogen and oxygen atoms in total. The standard InChI is InChI=1S/C17H27FN4O/c1-4-19-17(20-11-5-6-13(2)3)21-12-16(23)22-15-9-7-14(18)8-10-15/h7-10,13H,4-6,11-12H2,1-3H3,(H,22,23)(H2,19,20,21). The molecule has 0 heterocycles. The molecule has 0 saturated carbocycles. The topological polar surface area (TPSA) is 65.5 Å². The fraction of sp³-hybridized carbons (Fsp3) is 0.529. The van der Waals surface area contributed by atoms with E-state index in [9.17, 15) is 9.18 Å². The molecule has 1 aromatic carbocycles. The summed E-state index contributed by atoms with van der Waals surface area (Å²) in [5.74, 6) is 0.736. The van der Waals surface area contributed by atoms with Crippen LogP contribution in [0, 0.1) is 11.7 Å². The molecule has 0 aromatic heterocycles. The lowest BCUT2D eigenvalue weighted by Gasteiger charge is -2.12. The number of anilines is 1. The fourth-order valence-electron chi connectivity index (χ4n) is 1.94. The Bertz CT molecular complexity index is 500. The average molecular weight is 322 g/mol. The molecule has 0 unspecified atom stereocenters. The SMILES string of the molecule is CCNC(=NCC(=O)Nc1ccc(F)cc1)NCCCC(C)C. The normalized spacial score (nSPS) is 11.4. The zero-order valence-corrected chi connectivity index (χ0v) is 14.2. The van der Waals surface area contributed by atoms with Gasteiger partial charge in [-0.25, -0.2) is 9.38 Å². The second-order valence-electron chi connectivity index (χ2n) is 5.71. The van der Waals surface area contributed by atoms with E-state index >= 15 is 0 Å². The van der Waals surface area contributed by atoms with Gasteiger partial charge in [0.2, 0.25) is 5.91 Å². The summed E-state index contributed by atoms with van der Waals surface area (Å²) in [5.41, 5.74) is 0.557. The lowest BCUT2D eigenvalue weighted by Crippen LogP contribution is -2.38. The molecule has 0 saturated heterocycles. The Balaban J connectivity index is 2.42. The van der Waals surface area contributed by atoms with Gasteiger partial charge in [0, 0.05) is 18.8 Å². The van der Waals surface area contributed by atoms with E-state index in [1.165, 1.54) is 24.3 Å². The summed E-state index contributed by atoms with van der Waals surface area (Å²) in [5, 5.41) is 9.00. The smallest absolute Gasteiger partial charge is 0.246 e. The predicted molar refractivity (Wildman–Crippen MR) is 93.1 cm³/mol. The number of hydrogen-bond donors (Lipinski definition) is 3. The van der Waals surface area contributed by atoms with E-state index < -0.39 is 0 Å². The van der Waals surface area contributed by atoms with Crippen molar-refractivity contribution in [3.63, 3.8) is 0 Å². The van der Waals surface area contributed by atoms with Crippen LogP contribution in [-0.4, -0.2) is 31.5 Å². The van der Waals surface area contributed by atoms with Gasteiger partial charge in [-0.3, -0.25) is 4.79 Å². The van der Waals surface area contributed by atoms with Crippen LogP contribution >= 0.6 is 0 Å². The highest BCUT2D eigenvalue weighted by Gasteiger charge is 2.03. The minimum absolute atomic E-state index is 0.0108. The van der Waals surface area contributed by atoms with Gasteiger partial charge in [-0.15, -0.1) is 0 Å². The van der Waals surface area contributed by atoms with Crippen molar-refractivity contribution in [1.29, 1.82) is 0 Å². The summed E-state index contributed by atoms with van der Waals surface area (Å²) in [6.07, 6.45) is 2.21. The average Bonchev–Trinajstić information content (AvgIpc) is 2.51. The Morgan fingerprint density at radius 3 is 2.52 bits per heavy atom. The van der Waals surface area contributed by atoms with Crippen LogP contribution in [0.25, 0.3) is 0 Å². The highest BCUT2D eigenvalue weighted by Crippen LogP contribution is 2.07. The quantitative estimate of drug-likeness (QED) is 0.392. The van der Waals surface area contributed by atoms with Crippen LogP contribution in [0.1, 0.15) is 33.6 Å². The molecule has 3 N–H and O–H groups in total. The molecule has 6 heteroatoms. The van der Waals surface area contributed by atoms with Crippen molar-refractivity contribution in [2.45, 2.75) is 33.6 Å². The Hall–Kier alpha value is -2.11.